The number of nitrogens with zero attached hydrogens (tertiary/aromatic N) is 2. The van der Waals surface area contributed by atoms with Gasteiger partial charge in [-0.15, -0.1) is 0 Å². The van der Waals surface area contributed by atoms with Gasteiger partial charge >= 0.3 is 0 Å². The van der Waals surface area contributed by atoms with E-state index in [1.807, 2.05) is 32.0 Å². The minimum absolute atomic E-state index is 0.302. The van der Waals surface area contributed by atoms with Crippen LogP contribution < -0.4 is 16.0 Å². The Labute approximate surface area is 173 Å². The fraction of sp³-hybridized carbons (Fsp3) is 0.150. The van der Waals surface area contributed by atoms with Crippen molar-refractivity contribution in [2.24, 2.45) is 0 Å². The van der Waals surface area contributed by atoms with E-state index in [9.17, 15) is 4.79 Å². The van der Waals surface area contributed by atoms with E-state index in [0.29, 0.717) is 33.1 Å². The summed E-state index contributed by atoms with van der Waals surface area (Å²) in [5, 5.41) is 9.93. The van der Waals surface area contributed by atoms with Gasteiger partial charge in [0.2, 0.25) is 5.95 Å². The van der Waals surface area contributed by atoms with Gasteiger partial charge in [-0.2, -0.15) is 4.98 Å². The van der Waals surface area contributed by atoms with Crippen LogP contribution >= 0.6 is 23.2 Å². The van der Waals surface area contributed by atoms with Gasteiger partial charge in [0.15, 0.2) is 0 Å². The van der Waals surface area contributed by atoms with E-state index in [1.165, 1.54) is 6.07 Å². The van der Waals surface area contributed by atoms with E-state index in [4.69, 9.17) is 23.2 Å². The van der Waals surface area contributed by atoms with Crippen molar-refractivity contribution < 1.29 is 4.79 Å². The largest absolute Gasteiger partial charge is 0.354 e. The van der Waals surface area contributed by atoms with Gasteiger partial charge in [0.1, 0.15) is 5.82 Å². The number of halogens is 2. The van der Waals surface area contributed by atoms with Crippen LogP contribution in [0.1, 0.15) is 23.0 Å². The molecule has 3 N–H and O–H groups in total. The van der Waals surface area contributed by atoms with E-state index in [2.05, 4.69) is 25.9 Å². The number of nitrogens with one attached hydrogen (secondary N) is 3. The molecule has 0 aliphatic carbocycles. The third-order valence-electron chi connectivity index (χ3n) is 3.78. The van der Waals surface area contributed by atoms with Crippen molar-refractivity contribution in [1.29, 1.82) is 0 Å². The summed E-state index contributed by atoms with van der Waals surface area (Å²) < 4.78 is 0. The minimum atomic E-state index is -0.302. The highest BCUT2D eigenvalue weighted by atomic mass is 35.5. The minimum Gasteiger partial charge on any atom is -0.354 e. The van der Waals surface area contributed by atoms with Crippen LogP contribution in [0.2, 0.25) is 10.0 Å². The quantitative estimate of drug-likeness (QED) is 0.493. The number of rotatable bonds is 6. The predicted octanol–water partition coefficient (Wildman–Crippen LogP) is 5.52. The Morgan fingerprint density at radius 3 is 2.39 bits per heavy atom. The van der Waals surface area contributed by atoms with Crippen LogP contribution in [0.15, 0.2) is 48.5 Å². The lowest BCUT2D eigenvalue weighted by atomic mass is 10.2. The molecule has 0 aliphatic heterocycles. The van der Waals surface area contributed by atoms with Crippen molar-refractivity contribution in [2.45, 2.75) is 13.8 Å². The van der Waals surface area contributed by atoms with Gasteiger partial charge in [-0.1, -0.05) is 23.2 Å². The van der Waals surface area contributed by atoms with Gasteiger partial charge in [0, 0.05) is 34.7 Å². The Bertz CT molecular complexity index is 992. The smallest absolute Gasteiger partial charge is 0.257 e. The molecule has 0 bridgehead atoms. The highest BCUT2D eigenvalue weighted by molar-refractivity contribution is 6.37. The summed E-state index contributed by atoms with van der Waals surface area (Å²) in [7, 11) is 0. The first-order chi connectivity index (χ1) is 13.4. The average Bonchev–Trinajstić information content (AvgIpc) is 2.63. The molecule has 0 saturated carbocycles. The van der Waals surface area contributed by atoms with Crippen molar-refractivity contribution in [3.63, 3.8) is 0 Å². The van der Waals surface area contributed by atoms with Crippen LogP contribution in [0.4, 0.5) is 23.1 Å². The van der Waals surface area contributed by atoms with Crippen molar-refractivity contribution in [3.05, 3.63) is 69.8 Å². The van der Waals surface area contributed by atoms with Crippen molar-refractivity contribution in [3.8, 4) is 0 Å². The molecule has 0 radical (unpaired) electrons. The third kappa shape index (κ3) is 5.12. The third-order valence-corrected chi connectivity index (χ3v) is 4.33. The highest BCUT2D eigenvalue weighted by Crippen LogP contribution is 2.23. The molecule has 1 aromatic heterocycles. The van der Waals surface area contributed by atoms with Crippen molar-refractivity contribution in [2.75, 3.05) is 22.5 Å². The fourth-order valence-corrected chi connectivity index (χ4v) is 3.02. The Balaban J connectivity index is 1.69. The maximum atomic E-state index is 12.4. The lowest BCUT2D eigenvalue weighted by Gasteiger charge is -2.11. The summed E-state index contributed by atoms with van der Waals surface area (Å²) in [6.07, 6.45) is 0. The zero-order chi connectivity index (χ0) is 20.1. The summed E-state index contributed by atoms with van der Waals surface area (Å²) in [4.78, 5) is 21.1. The van der Waals surface area contributed by atoms with E-state index in [1.54, 1.807) is 24.3 Å². The van der Waals surface area contributed by atoms with Gasteiger partial charge in [0.25, 0.3) is 5.91 Å². The predicted molar refractivity (Wildman–Crippen MR) is 115 cm³/mol. The molecule has 2 aromatic carbocycles. The molecule has 144 valence electrons. The molecule has 0 atom stereocenters. The van der Waals surface area contributed by atoms with Crippen LogP contribution in [0.3, 0.4) is 0 Å². The molecule has 0 unspecified atom stereocenters. The van der Waals surface area contributed by atoms with E-state index in [-0.39, 0.29) is 5.91 Å². The van der Waals surface area contributed by atoms with Gasteiger partial charge in [-0.3, -0.25) is 4.79 Å². The molecular weight excluding hydrogens is 397 g/mol. The van der Waals surface area contributed by atoms with Crippen LogP contribution in [0.25, 0.3) is 0 Å². The molecule has 0 spiro atoms. The van der Waals surface area contributed by atoms with Gasteiger partial charge < -0.3 is 16.0 Å². The van der Waals surface area contributed by atoms with Gasteiger partial charge in [-0.05, 0) is 56.3 Å². The Morgan fingerprint density at radius 1 is 1.00 bits per heavy atom. The topological polar surface area (TPSA) is 78.9 Å². The maximum absolute atomic E-state index is 12.4. The van der Waals surface area contributed by atoms with E-state index < -0.39 is 0 Å². The number of aromatic nitrogens is 2. The normalized spacial score (nSPS) is 10.4. The van der Waals surface area contributed by atoms with Crippen LogP contribution in [-0.4, -0.2) is 22.4 Å². The molecule has 28 heavy (non-hydrogen) atoms. The first-order valence-corrected chi connectivity index (χ1v) is 9.43. The lowest BCUT2D eigenvalue weighted by molar-refractivity contribution is 0.102. The Morgan fingerprint density at radius 2 is 1.71 bits per heavy atom. The Kier molecular flexibility index (Phi) is 6.34. The number of amides is 1. The monoisotopic (exact) mass is 415 g/mol. The number of carbonyl (C=O) groups is 1. The van der Waals surface area contributed by atoms with Gasteiger partial charge in [-0.25, -0.2) is 4.98 Å². The van der Waals surface area contributed by atoms with Crippen molar-refractivity contribution >= 4 is 52.3 Å². The molecule has 1 heterocycles. The first kappa shape index (κ1) is 19.9. The number of hydrogen-bond acceptors (Lipinski definition) is 5. The number of carbonyl (C=O) groups excluding carboxylic acids is 1. The first-order valence-electron chi connectivity index (χ1n) is 8.67. The highest BCUT2D eigenvalue weighted by Gasteiger charge is 2.11. The van der Waals surface area contributed by atoms with E-state index in [0.717, 1.165) is 17.9 Å². The number of aryl methyl sites for hydroxylation is 1. The van der Waals surface area contributed by atoms with Crippen LogP contribution in [-0.2, 0) is 0 Å². The lowest BCUT2D eigenvalue weighted by Crippen LogP contribution is -2.12. The number of benzene rings is 2. The molecule has 1 amide bonds. The second kappa shape index (κ2) is 8.91. The number of anilines is 4. The van der Waals surface area contributed by atoms with Gasteiger partial charge in [0.05, 0.1) is 10.6 Å². The van der Waals surface area contributed by atoms with Crippen LogP contribution in [0, 0.1) is 6.92 Å². The second-order valence-corrected chi connectivity index (χ2v) is 6.87. The molecular formula is C20H19Cl2N5O. The molecule has 6 nitrogen and oxygen atoms in total. The summed E-state index contributed by atoms with van der Waals surface area (Å²) in [6.45, 7) is 4.65. The summed E-state index contributed by atoms with van der Waals surface area (Å²) >= 11 is 11.9. The van der Waals surface area contributed by atoms with Crippen molar-refractivity contribution in [1.82, 2.24) is 9.97 Å². The maximum Gasteiger partial charge on any atom is 0.257 e. The Hall–Kier alpha value is -2.83. The molecule has 3 aromatic rings. The summed E-state index contributed by atoms with van der Waals surface area (Å²) in [6, 6.07) is 13.9. The summed E-state index contributed by atoms with van der Waals surface area (Å²) in [5.74, 6) is 0.964. The van der Waals surface area contributed by atoms with Crippen LogP contribution in [0.5, 0.6) is 0 Å². The summed E-state index contributed by atoms with van der Waals surface area (Å²) in [5.41, 5.74) is 2.70. The SMILES string of the molecule is CCNc1nc(C)cc(Nc2ccc(NC(=O)c3ccc(Cl)cc3Cl)cc2)n1. The molecule has 0 aliphatic rings. The number of hydrogen-bond donors (Lipinski definition) is 3. The molecule has 8 heteroatoms. The fourth-order valence-electron chi connectivity index (χ4n) is 2.53. The molecule has 0 saturated heterocycles. The standard InChI is InChI=1S/C20H19Cl2N5O/c1-3-23-20-24-12(2)10-18(27-20)25-14-5-7-15(8-6-14)26-19(28)16-9-4-13(21)11-17(16)22/h4-11H,3H2,1-2H3,(H,26,28)(H2,23,24,25,27). The second-order valence-electron chi connectivity index (χ2n) is 6.03. The molecule has 3 rings (SSSR count). The molecule has 0 fully saturated rings. The zero-order valence-electron chi connectivity index (χ0n) is 15.4. The zero-order valence-corrected chi connectivity index (χ0v) is 16.9. The van der Waals surface area contributed by atoms with E-state index >= 15 is 0 Å². The average molecular weight is 416 g/mol.